The normalized spacial score (nSPS) is 16.5. The summed E-state index contributed by atoms with van der Waals surface area (Å²) in [5.74, 6) is -0.596. The predicted octanol–water partition coefficient (Wildman–Crippen LogP) is 7.21. The Morgan fingerprint density at radius 1 is 1.07 bits per heavy atom. The molecule has 40 heavy (non-hydrogen) atoms. The maximum Gasteiger partial charge on any atom is 0.301 e. The average molecular weight is 592 g/mol. The van der Waals surface area contributed by atoms with Crippen LogP contribution in [-0.4, -0.2) is 33.6 Å². The van der Waals surface area contributed by atoms with Gasteiger partial charge in [-0.3, -0.25) is 14.5 Å². The minimum Gasteiger partial charge on any atom is -0.507 e. The van der Waals surface area contributed by atoms with Crippen molar-refractivity contribution in [2.45, 2.75) is 36.4 Å². The standard InChI is InChI=1S/C30H26ClN3O4S2/c1-3-15-38-23-6-4-5-21(16-23)25-24(26(35)20-11-13-22(31)14-12-20)27(36)28(37)34(25)29-32-33-30(40-29)39-17-19-9-7-18(2)8-10-19/h4-14,16,25,35H,3,15,17H2,1-2H3/b26-24+. The molecule has 1 saturated heterocycles. The molecule has 0 spiro atoms. The van der Waals surface area contributed by atoms with Gasteiger partial charge in [0.1, 0.15) is 11.5 Å². The topological polar surface area (TPSA) is 92.6 Å². The van der Waals surface area contributed by atoms with Gasteiger partial charge in [0.05, 0.1) is 18.2 Å². The van der Waals surface area contributed by atoms with E-state index < -0.39 is 17.7 Å². The van der Waals surface area contributed by atoms with Crippen molar-refractivity contribution in [3.8, 4) is 5.75 Å². The summed E-state index contributed by atoms with van der Waals surface area (Å²) >= 11 is 8.76. The molecule has 4 aromatic rings. The second kappa shape index (κ2) is 12.2. The first kappa shape index (κ1) is 27.9. The molecule has 10 heteroatoms. The van der Waals surface area contributed by atoms with Crippen molar-refractivity contribution >= 4 is 57.3 Å². The number of benzene rings is 3. The van der Waals surface area contributed by atoms with E-state index in [9.17, 15) is 14.7 Å². The van der Waals surface area contributed by atoms with E-state index >= 15 is 0 Å². The number of Topliss-reactive ketones (excluding diaryl/α,β-unsaturated/α-hetero) is 1. The number of rotatable bonds is 9. The molecule has 1 atom stereocenters. The fourth-order valence-electron chi connectivity index (χ4n) is 4.29. The molecule has 1 unspecified atom stereocenters. The Hall–Kier alpha value is -3.66. The van der Waals surface area contributed by atoms with E-state index in [-0.39, 0.29) is 16.5 Å². The summed E-state index contributed by atoms with van der Waals surface area (Å²) in [7, 11) is 0. The van der Waals surface area contributed by atoms with E-state index in [2.05, 4.69) is 34.5 Å². The predicted molar refractivity (Wildman–Crippen MR) is 159 cm³/mol. The third-order valence-corrected chi connectivity index (χ3v) is 8.67. The highest BCUT2D eigenvalue weighted by Gasteiger charge is 2.48. The van der Waals surface area contributed by atoms with Crippen LogP contribution in [0.25, 0.3) is 5.76 Å². The van der Waals surface area contributed by atoms with Crippen LogP contribution in [0.1, 0.15) is 41.6 Å². The molecule has 0 aliphatic carbocycles. The summed E-state index contributed by atoms with van der Waals surface area (Å²) in [6, 6.07) is 20.9. The van der Waals surface area contributed by atoms with Gasteiger partial charge in [0.2, 0.25) is 5.13 Å². The molecule has 0 bridgehead atoms. The van der Waals surface area contributed by atoms with Crippen LogP contribution in [0.3, 0.4) is 0 Å². The van der Waals surface area contributed by atoms with Gasteiger partial charge in [0.25, 0.3) is 5.78 Å². The quantitative estimate of drug-likeness (QED) is 0.0723. The highest BCUT2D eigenvalue weighted by atomic mass is 35.5. The van der Waals surface area contributed by atoms with Crippen molar-refractivity contribution in [3.05, 3.63) is 106 Å². The average Bonchev–Trinajstić information content (AvgIpc) is 3.53. The maximum atomic E-state index is 13.5. The molecule has 1 aliphatic rings. The molecule has 5 rings (SSSR count). The minimum absolute atomic E-state index is 0.0379. The summed E-state index contributed by atoms with van der Waals surface area (Å²) in [5.41, 5.74) is 3.26. The number of aromatic nitrogens is 2. The Morgan fingerprint density at radius 2 is 1.82 bits per heavy atom. The number of anilines is 1. The molecule has 1 aliphatic heterocycles. The van der Waals surface area contributed by atoms with E-state index in [1.54, 1.807) is 42.5 Å². The molecule has 0 saturated carbocycles. The van der Waals surface area contributed by atoms with Crippen molar-refractivity contribution in [3.63, 3.8) is 0 Å². The molecule has 204 valence electrons. The molecular weight excluding hydrogens is 566 g/mol. The summed E-state index contributed by atoms with van der Waals surface area (Å²) in [5, 5.41) is 20.6. The summed E-state index contributed by atoms with van der Waals surface area (Å²) in [6.45, 7) is 4.57. The van der Waals surface area contributed by atoms with E-state index in [4.69, 9.17) is 16.3 Å². The zero-order valence-corrected chi connectivity index (χ0v) is 24.2. The van der Waals surface area contributed by atoms with E-state index in [1.165, 1.54) is 33.6 Å². The molecule has 2 heterocycles. The van der Waals surface area contributed by atoms with Gasteiger partial charge in [-0.2, -0.15) is 0 Å². The molecule has 3 aromatic carbocycles. The molecule has 1 fully saturated rings. The lowest BCUT2D eigenvalue weighted by atomic mass is 9.95. The molecule has 7 nitrogen and oxygen atoms in total. The summed E-state index contributed by atoms with van der Waals surface area (Å²) in [4.78, 5) is 28.2. The lowest BCUT2D eigenvalue weighted by Gasteiger charge is -2.23. The van der Waals surface area contributed by atoms with E-state index in [0.29, 0.717) is 38.6 Å². The van der Waals surface area contributed by atoms with Crippen molar-refractivity contribution < 1.29 is 19.4 Å². The number of nitrogens with zero attached hydrogens (tertiary/aromatic N) is 3. The number of aliphatic hydroxyl groups is 1. The van der Waals surface area contributed by atoms with Gasteiger partial charge in [-0.1, -0.05) is 83.6 Å². The highest BCUT2D eigenvalue weighted by molar-refractivity contribution is 8.00. The Balaban J connectivity index is 1.54. The molecular formula is C30H26ClN3O4S2. The van der Waals surface area contributed by atoms with Crippen LogP contribution in [0, 0.1) is 6.92 Å². The van der Waals surface area contributed by atoms with Crippen LogP contribution in [0.4, 0.5) is 5.13 Å². The Labute approximate surface area is 245 Å². The number of aliphatic hydroxyl groups excluding tert-OH is 1. The number of carbonyl (C=O) groups is 2. The van der Waals surface area contributed by atoms with Crippen molar-refractivity contribution in [1.29, 1.82) is 0 Å². The monoisotopic (exact) mass is 591 g/mol. The first-order valence-electron chi connectivity index (χ1n) is 12.7. The fraction of sp³-hybridized carbons (Fsp3) is 0.200. The molecule has 1 amide bonds. The number of thioether (sulfide) groups is 1. The first-order chi connectivity index (χ1) is 19.4. The Kier molecular flexibility index (Phi) is 8.54. The third kappa shape index (κ3) is 5.91. The number of amides is 1. The third-order valence-electron chi connectivity index (χ3n) is 6.29. The highest BCUT2D eigenvalue weighted by Crippen LogP contribution is 2.44. The van der Waals surface area contributed by atoms with E-state index in [1.807, 2.05) is 19.9 Å². The number of halogens is 1. The summed E-state index contributed by atoms with van der Waals surface area (Å²) in [6.07, 6.45) is 0.826. The number of ether oxygens (including phenoxy) is 1. The Bertz CT molecular complexity index is 1570. The van der Waals surface area contributed by atoms with Gasteiger partial charge in [-0.25, -0.2) is 0 Å². The summed E-state index contributed by atoms with van der Waals surface area (Å²) < 4.78 is 6.48. The smallest absolute Gasteiger partial charge is 0.301 e. The second-order valence-corrected chi connectivity index (χ2v) is 11.8. The van der Waals surface area contributed by atoms with Gasteiger partial charge >= 0.3 is 5.91 Å². The fourth-order valence-corrected chi connectivity index (χ4v) is 6.24. The molecule has 0 radical (unpaired) electrons. The second-order valence-electron chi connectivity index (χ2n) is 9.22. The van der Waals surface area contributed by atoms with Crippen LogP contribution in [0.5, 0.6) is 5.75 Å². The van der Waals surface area contributed by atoms with Crippen LogP contribution >= 0.6 is 34.7 Å². The SMILES string of the molecule is CCCOc1cccc(C2/C(=C(\O)c3ccc(Cl)cc3)C(=O)C(=O)N2c2nnc(SCc3ccc(C)cc3)s2)c1. The molecule has 1 N–H and O–H groups in total. The van der Waals surface area contributed by atoms with Crippen LogP contribution in [0.2, 0.25) is 5.02 Å². The lowest BCUT2D eigenvalue weighted by Crippen LogP contribution is -2.29. The van der Waals surface area contributed by atoms with Crippen LogP contribution < -0.4 is 9.64 Å². The van der Waals surface area contributed by atoms with E-state index in [0.717, 1.165) is 12.0 Å². The van der Waals surface area contributed by atoms with Crippen molar-refractivity contribution in [2.75, 3.05) is 11.5 Å². The van der Waals surface area contributed by atoms with Crippen LogP contribution in [-0.2, 0) is 15.3 Å². The Morgan fingerprint density at radius 3 is 2.55 bits per heavy atom. The largest absolute Gasteiger partial charge is 0.507 e. The van der Waals surface area contributed by atoms with Gasteiger partial charge in [0.15, 0.2) is 4.34 Å². The lowest BCUT2D eigenvalue weighted by molar-refractivity contribution is -0.132. The van der Waals surface area contributed by atoms with Gasteiger partial charge in [-0.15, -0.1) is 10.2 Å². The maximum absolute atomic E-state index is 13.5. The number of hydrogen-bond acceptors (Lipinski definition) is 8. The van der Waals surface area contributed by atoms with Gasteiger partial charge in [-0.05, 0) is 60.9 Å². The zero-order chi connectivity index (χ0) is 28.2. The minimum atomic E-state index is -0.927. The number of carbonyl (C=O) groups excluding carboxylic acids is 2. The van der Waals surface area contributed by atoms with Crippen molar-refractivity contribution in [1.82, 2.24) is 10.2 Å². The number of aryl methyl sites for hydroxylation is 1. The van der Waals surface area contributed by atoms with Gasteiger partial charge < -0.3 is 9.84 Å². The van der Waals surface area contributed by atoms with Crippen LogP contribution in [0.15, 0.2) is 82.7 Å². The number of hydrogen-bond donors (Lipinski definition) is 1. The van der Waals surface area contributed by atoms with Crippen molar-refractivity contribution in [2.24, 2.45) is 0 Å². The van der Waals surface area contributed by atoms with Gasteiger partial charge in [0, 0.05) is 16.3 Å². The number of ketones is 1. The first-order valence-corrected chi connectivity index (χ1v) is 14.8. The zero-order valence-electron chi connectivity index (χ0n) is 21.8. The molecule has 1 aromatic heterocycles.